The molecule has 78 valence electrons. The maximum atomic E-state index is 8.61. The van der Waals surface area contributed by atoms with Crippen LogP contribution in [-0.2, 0) is 4.18 Å². The first-order chi connectivity index (χ1) is 7.28. The van der Waals surface area contributed by atoms with Crippen LogP contribution in [0.1, 0.15) is 18.4 Å². The van der Waals surface area contributed by atoms with Crippen molar-refractivity contribution in [1.82, 2.24) is 0 Å². The third kappa shape index (κ3) is 2.74. The summed E-state index contributed by atoms with van der Waals surface area (Å²) < 4.78 is 5.60. The molecule has 1 aliphatic carbocycles. The number of aryl methyl sites for hydroxylation is 1. The van der Waals surface area contributed by atoms with Crippen molar-refractivity contribution in [2.24, 2.45) is 5.92 Å². The highest BCUT2D eigenvalue weighted by Gasteiger charge is 2.30. The number of hydrogen-bond acceptors (Lipinski definition) is 3. The minimum Gasteiger partial charge on any atom is -0.307 e. The SMILES string of the molecule is Cc1ccc(SOC2CC(C#N)C2)cc1. The number of nitrogens with zero attached hydrogens (tertiary/aromatic N) is 1. The van der Waals surface area contributed by atoms with Gasteiger partial charge >= 0.3 is 0 Å². The van der Waals surface area contributed by atoms with E-state index in [1.54, 1.807) is 0 Å². The van der Waals surface area contributed by atoms with Crippen LogP contribution in [0.5, 0.6) is 0 Å². The molecule has 1 aromatic rings. The number of hydrogen-bond donors (Lipinski definition) is 0. The van der Waals surface area contributed by atoms with E-state index in [1.165, 1.54) is 17.6 Å². The van der Waals surface area contributed by atoms with Crippen LogP contribution < -0.4 is 0 Å². The van der Waals surface area contributed by atoms with Crippen LogP contribution in [0.2, 0.25) is 0 Å². The van der Waals surface area contributed by atoms with E-state index in [2.05, 4.69) is 37.3 Å². The molecule has 0 heterocycles. The Morgan fingerprint density at radius 3 is 2.60 bits per heavy atom. The lowest BCUT2D eigenvalue weighted by molar-refractivity contribution is 0.112. The fourth-order valence-corrected chi connectivity index (χ4v) is 2.12. The van der Waals surface area contributed by atoms with Gasteiger partial charge in [0.15, 0.2) is 0 Å². The zero-order valence-electron chi connectivity index (χ0n) is 8.64. The van der Waals surface area contributed by atoms with E-state index < -0.39 is 0 Å². The van der Waals surface area contributed by atoms with E-state index in [4.69, 9.17) is 9.44 Å². The van der Waals surface area contributed by atoms with Gasteiger partial charge in [0.1, 0.15) is 0 Å². The third-order valence-electron chi connectivity index (χ3n) is 2.58. The topological polar surface area (TPSA) is 33.0 Å². The van der Waals surface area contributed by atoms with Crippen molar-refractivity contribution in [3.63, 3.8) is 0 Å². The predicted octanol–water partition coefficient (Wildman–Crippen LogP) is 3.32. The fraction of sp³-hybridized carbons (Fsp3) is 0.417. The van der Waals surface area contributed by atoms with Crippen molar-refractivity contribution in [3.05, 3.63) is 29.8 Å². The molecule has 15 heavy (non-hydrogen) atoms. The summed E-state index contributed by atoms with van der Waals surface area (Å²) in [6.07, 6.45) is 2.03. The Morgan fingerprint density at radius 1 is 1.33 bits per heavy atom. The Bertz CT molecular complexity index is 362. The van der Waals surface area contributed by atoms with Gasteiger partial charge in [0.05, 0.1) is 18.1 Å². The molecule has 0 bridgehead atoms. The number of rotatable bonds is 3. The average Bonchev–Trinajstić information content (AvgIpc) is 2.19. The van der Waals surface area contributed by atoms with Gasteiger partial charge in [-0.25, -0.2) is 0 Å². The zero-order chi connectivity index (χ0) is 10.7. The molecule has 0 saturated heterocycles. The summed E-state index contributed by atoms with van der Waals surface area (Å²) in [5.74, 6) is 0.216. The molecule has 1 aromatic carbocycles. The molecule has 1 fully saturated rings. The van der Waals surface area contributed by atoms with Crippen molar-refractivity contribution in [2.45, 2.75) is 30.8 Å². The summed E-state index contributed by atoms with van der Waals surface area (Å²) in [5.41, 5.74) is 1.26. The lowest BCUT2D eigenvalue weighted by Crippen LogP contribution is -2.28. The lowest BCUT2D eigenvalue weighted by atomic mass is 9.84. The molecule has 2 nitrogen and oxygen atoms in total. The first-order valence-corrected chi connectivity index (χ1v) is 5.81. The molecule has 0 aliphatic heterocycles. The number of benzene rings is 1. The van der Waals surface area contributed by atoms with E-state index in [0.717, 1.165) is 17.7 Å². The maximum absolute atomic E-state index is 8.61. The monoisotopic (exact) mass is 219 g/mol. The second-order valence-electron chi connectivity index (χ2n) is 3.91. The van der Waals surface area contributed by atoms with Gasteiger partial charge in [-0.1, -0.05) is 17.7 Å². The van der Waals surface area contributed by atoms with Crippen LogP contribution in [0.4, 0.5) is 0 Å². The van der Waals surface area contributed by atoms with E-state index >= 15 is 0 Å². The van der Waals surface area contributed by atoms with E-state index in [-0.39, 0.29) is 12.0 Å². The van der Waals surface area contributed by atoms with Gasteiger partial charge in [-0.3, -0.25) is 0 Å². The van der Waals surface area contributed by atoms with Gasteiger partial charge in [0.2, 0.25) is 0 Å². The molecule has 0 spiro atoms. The Morgan fingerprint density at radius 2 is 2.00 bits per heavy atom. The van der Waals surface area contributed by atoms with Crippen molar-refractivity contribution in [2.75, 3.05) is 0 Å². The summed E-state index contributed by atoms with van der Waals surface area (Å²) in [7, 11) is 0. The van der Waals surface area contributed by atoms with Crippen LogP contribution in [0.15, 0.2) is 29.2 Å². The summed E-state index contributed by atoms with van der Waals surface area (Å²) in [5, 5.41) is 8.61. The van der Waals surface area contributed by atoms with Gasteiger partial charge < -0.3 is 4.18 Å². The first-order valence-electron chi connectivity index (χ1n) is 5.07. The molecular formula is C12H13NOS. The largest absolute Gasteiger partial charge is 0.307 e. The summed E-state index contributed by atoms with van der Waals surface area (Å²) >= 11 is 1.42. The average molecular weight is 219 g/mol. The van der Waals surface area contributed by atoms with Crippen LogP contribution in [0, 0.1) is 24.2 Å². The molecule has 0 atom stereocenters. The maximum Gasteiger partial charge on any atom is 0.0752 e. The standard InChI is InChI=1S/C12H13NOS/c1-9-2-4-12(5-3-9)15-14-11-6-10(7-11)8-13/h2-5,10-11H,6-7H2,1H3. The molecule has 1 saturated carbocycles. The summed E-state index contributed by atoms with van der Waals surface area (Å²) in [6, 6.07) is 10.5. The Labute approximate surface area is 94.5 Å². The van der Waals surface area contributed by atoms with Crippen molar-refractivity contribution in [3.8, 4) is 6.07 Å². The molecule has 0 unspecified atom stereocenters. The predicted molar refractivity (Wildman–Crippen MR) is 60.2 cm³/mol. The summed E-state index contributed by atoms with van der Waals surface area (Å²) in [6.45, 7) is 2.07. The first kappa shape index (κ1) is 10.5. The van der Waals surface area contributed by atoms with Crippen LogP contribution in [0.3, 0.4) is 0 Å². The normalized spacial score (nSPS) is 24.3. The molecule has 2 rings (SSSR count). The van der Waals surface area contributed by atoms with Crippen molar-refractivity contribution >= 4 is 12.0 Å². The second kappa shape index (κ2) is 4.69. The highest BCUT2D eigenvalue weighted by atomic mass is 32.2. The third-order valence-corrected chi connectivity index (χ3v) is 3.41. The number of nitriles is 1. The molecule has 0 N–H and O–H groups in total. The molecule has 3 heteroatoms. The Hall–Kier alpha value is -0.980. The quantitative estimate of drug-likeness (QED) is 0.731. The van der Waals surface area contributed by atoms with Crippen LogP contribution in [0.25, 0.3) is 0 Å². The van der Waals surface area contributed by atoms with Gasteiger partial charge in [0, 0.05) is 16.9 Å². The minimum atomic E-state index is 0.216. The van der Waals surface area contributed by atoms with Gasteiger partial charge in [-0.2, -0.15) is 5.26 Å². The van der Waals surface area contributed by atoms with Gasteiger partial charge in [0.25, 0.3) is 0 Å². The fourth-order valence-electron chi connectivity index (χ4n) is 1.47. The van der Waals surface area contributed by atoms with Crippen LogP contribution in [-0.4, -0.2) is 6.10 Å². The Kier molecular flexibility index (Phi) is 3.30. The van der Waals surface area contributed by atoms with E-state index in [1.807, 2.05) is 0 Å². The van der Waals surface area contributed by atoms with Gasteiger partial charge in [-0.15, -0.1) is 0 Å². The van der Waals surface area contributed by atoms with Crippen LogP contribution >= 0.6 is 12.0 Å². The van der Waals surface area contributed by atoms with Gasteiger partial charge in [-0.05, 0) is 31.9 Å². The zero-order valence-corrected chi connectivity index (χ0v) is 9.46. The Balaban J connectivity index is 1.75. The molecular weight excluding hydrogens is 206 g/mol. The second-order valence-corrected chi connectivity index (χ2v) is 4.74. The van der Waals surface area contributed by atoms with E-state index in [0.29, 0.717) is 0 Å². The lowest BCUT2D eigenvalue weighted by Gasteiger charge is -2.29. The summed E-state index contributed by atoms with van der Waals surface area (Å²) in [4.78, 5) is 1.13. The molecule has 0 aromatic heterocycles. The molecule has 0 radical (unpaired) electrons. The highest BCUT2D eigenvalue weighted by Crippen LogP contribution is 2.34. The smallest absolute Gasteiger partial charge is 0.0752 e. The minimum absolute atomic E-state index is 0.216. The highest BCUT2D eigenvalue weighted by molar-refractivity contribution is 7.94. The van der Waals surface area contributed by atoms with Crippen molar-refractivity contribution < 1.29 is 4.18 Å². The van der Waals surface area contributed by atoms with Crippen molar-refractivity contribution in [1.29, 1.82) is 5.26 Å². The van der Waals surface area contributed by atoms with E-state index in [9.17, 15) is 0 Å². The molecule has 1 aliphatic rings. The molecule has 0 amide bonds.